The molecule has 1 aliphatic rings. The Hall–Kier alpha value is -1.27. The molecule has 0 radical (unpaired) electrons. The molecule has 3 nitrogen and oxygen atoms in total. The van der Waals surface area contributed by atoms with Crippen LogP contribution in [0.3, 0.4) is 0 Å². The highest BCUT2D eigenvalue weighted by molar-refractivity contribution is 6.29. The Kier molecular flexibility index (Phi) is 2.55. The molecule has 0 bridgehead atoms. The van der Waals surface area contributed by atoms with E-state index in [1.165, 1.54) is 19.3 Å². The van der Waals surface area contributed by atoms with E-state index in [1.807, 2.05) is 0 Å². The van der Waals surface area contributed by atoms with E-state index in [-0.39, 0.29) is 0 Å². The van der Waals surface area contributed by atoms with Crippen LogP contribution < -0.4 is 5.73 Å². The van der Waals surface area contributed by atoms with E-state index < -0.39 is 0 Å². The number of rotatable bonds is 0. The van der Waals surface area contributed by atoms with Crippen molar-refractivity contribution in [2.75, 3.05) is 5.73 Å². The zero-order valence-electron chi connectivity index (χ0n) is 7.63. The Balaban J connectivity index is 2.20. The van der Waals surface area contributed by atoms with Gasteiger partial charge in [-0.3, -0.25) is 0 Å². The van der Waals surface area contributed by atoms with Gasteiger partial charge >= 0.3 is 0 Å². The topological polar surface area (TPSA) is 51.8 Å². The normalized spacial score (nSPS) is 15.5. The van der Waals surface area contributed by atoms with E-state index in [2.05, 4.69) is 22.0 Å². The van der Waals surface area contributed by atoms with Gasteiger partial charge in [-0.15, -0.1) is 10.2 Å². The van der Waals surface area contributed by atoms with Gasteiger partial charge in [0.2, 0.25) is 0 Å². The first-order valence-corrected chi connectivity index (χ1v) is 4.94. The maximum atomic E-state index is 5.68. The van der Waals surface area contributed by atoms with E-state index in [0.29, 0.717) is 22.5 Å². The van der Waals surface area contributed by atoms with Crippen LogP contribution in [-0.4, -0.2) is 10.2 Å². The summed E-state index contributed by atoms with van der Waals surface area (Å²) in [6.45, 7) is 0. The van der Waals surface area contributed by atoms with Crippen molar-refractivity contribution in [2.45, 2.75) is 19.3 Å². The Labute approximate surface area is 87.7 Å². The van der Waals surface area contributed by atoms with E-state index in [0.717, 1.165) is 0 Å². The van der Waals surface area contributed by atoms with Crippen molar-refractivity contribution in [3.63, 3.8) is 0 Å². The number of nitrogens with two attached hydrogens (primary N) is 1. The summed E-state index contributed by atoms with van der Waals surface area (Å²) in [6.07, 6.45) is 3.67. The van der Waals surface area contributed by atoms with E-state index in [9.17, 15) is 0 Å². The predicted molar refractivity (Wildman–Crippen MR) is 55.7 cm³/mol. The maximum absolute atomic E-state index is 5.68. The highest BCUT2D eigenvalue weighted by Crippen LogP contribution is 2.25. The molecule has 72 valence electrons. The molecule has 14 heavy (non-hydrogen) atoms. The van der Waals surface area contributed by atoms with Crippen molar-refractivity contribution in [3.05, 3.63) is 16.8 Å². The summed E-state index contributed by atoms with van der Waals surface area (Å²) < 4.78 is 0. The summed E-state index contributed by atoms with van der Waals surface area (Å²) in [5, 5.41) is 7.65. The standard InChI is InChI=1S/C10H10ClN3/c11-9-6-8(10(12)14-13-9)5-4-7-2-1-3-7/h6-7H,1-3H2,(H2,12,14). The van der Waals surface area contributed by atoms with Crippen molar-refractivity contribution in [1.82, 2.24) is 10.2 Å². The minimum atomic E-state index is 0.331. The summed E-state index contributed by atoms with van der Waals surface area (Å²) in [4.78, 5) is 0. The van der Waals surface area contributed by atoms with Crippen LogP contribution in [0, 0.1) is 17.8 Å². The second-order valence-electron chi connectivity index (χ2n) is 3.36. The molecular weight excluding hydrogens is 198 g/mol. The molecule has 1 saturated carbocycles. The highest BCUT2D eigenvalue weighted by Gasteiger charge is 2.13. The van der Waals surface area contributed by atoms with Crippen molar-refractivity contribution >= 4 is 17.4 Å². The minimum Gasteiger partial charge on any atom is -0.381 e. The molecular formula is C10H10ClN3. The third-order valence-corrected chi connectivity index (χ3v) is 2.49. The number of nitrogens with zero attached hydrogens (tertiary/aromatic N) is 2. The number of hydrogen-bond acceptors (Lipinski definition) is 3. The molecule has 4 heteroatoms. The van der Waals surface area contributed by atoms with Gasteiger partial charge in [0.15, 0.2) is 11.0 Å². The smallest absolute Gasteiger partial charge is 0.162 e. The Morgan fingerprint density at radius 1 is 1.43 bits per heavy atom. The van der Waals surface area contributed by atoms with Gasteiger partial charge in [0.25, 0.3) is 0 Å². The monoisotopic (exact) mass is 207 g/mol. The second kappa shape index (κ2) is 3.85. The van der Waals surface area contributed by atoms with Gasteiger partial charge in [0, 0.05) is 5.92 Å². The van der Waals surface area contributed by atoms with Crippen LogP contribution >= 0.6 is 11.6 Å². The summed E-state index contributed by atoms with van der Waals surface area (Å²) in [5.74, 6) is 7.02. The highest BCUT2D eigenvalue weighted by atomic mass is 35.5. The van der Waals surface area contributed by atoms with Crippen molar-refractivity contribution < 1.29 is 0 Å². The van der Waals surface area contributed by atoms with Gasteiger partial charge in [-0.1, -0.05) is 29.9 Å². The largest absolute Gasteiger partial charge is 0.381 e. The second-order valence-corrected chi connectivity index (χ2v) is 3.75. The number of halogens is 1. The molecule has 0 unspecified atom stereocenters. The molecule has 0 amide bonds. The summed E-state index contributed by atoms with van der Waals surface area (Å²) >= 11 is 5.68. The molecule has 2 rings (SSSR count). The molecule has 1 heterocycles. The van der Waals surface area contributed by atoms with Crippen LogP contribution in [0.2, 0.25) is 5.15 Å². The van der Waals surface area contributed by atoms with Crippen LogP contribution in [-0.2, 0) is 0 Å². The Morgan fingerprint density at radius 2 is 2.21 bits per heavy atom. The molecule has 1 fully saturated rings. The average Bonchev–Trinajstić information content (AvgIpc) is 2.08. The molecule has 0 aromatic carbocycles. The summed E-state index contributed by atoms with van der Waals surface area (Å²) in [7, 11) is 0. The summed E-state index contributed by atoms with van der Waals surface area (Å²) in [6, 6.07) is 1.65. The molecule has 2 N–H and O–H groups in total. The predicted octanol–water partition coefficient (Wildman–Crippen LogP) is 1.86. The maximum Gasteiger partial charge on any atom is 0.162 e. The van der Waals surface area contributed by atoms with Crippen molar-refractivity contribution in [2.24, 2.45) is 5.92 Å². The number of nitrogen functional groups attached to an aromatic ring is 1. The summed E-state index contributed by atoms with van der Waals surface area (Å²) in [5.41, 5.74) is 6.28. The first kappa shape index (κ1) is 9.29. The fourth-order valence-electron chi connectivity index (χ4n) is 1.21. The van der Waals surface area contributed by atoms with Crippen LogP contribution in [0.15, 0.2) is 6.07 Å². The quantitative estimate of drug-likeness (QED) is 0.661. The number of aromatic nitrogens is 2. The Bertz CT molecular complexity index is 402. The minimum absolute atomic E-state index is 0.331. The molecule has 0 spiro atoms. The van der Waals surface area contributed by atoms with E-state index >= 15 is 0 Å². The lowest BCUT2D eigenvalue weighted by Crippen LogP contribution is -2.07. The van der Waals surface area contributed by atoms with Gasteiger partial charge in [0.05, 0.1) is 5.56 Å². The number of hydrogen-bond donors (Lipinski definition) is 1. The SMILES string of the molecule is Nc1nnc(Cl)cc1C#CC1CCC1. The first-order valence-electron chi connectivity index (χ1n) is 4.56. The van der Waals surface area contributed by atoms with Crippen LogP contribution in [0.25, 0.3) is 0 Å². The van der Waals surface area contributed by atoms with Gasteiger partial charge in [0.1, 0.15) is 0 Å². The first-order chi connectivity index (χ1) is 6.75. The van der Waals surface area contributed by atoms with E-state index in [4.69, 9.17) is 17.3 Å². The lowest BCUT2D eigenvalue weighted by molar-refractivity contribution is 0.401. The van der Waals surface area contributed by atoms with Gasteiger partial charge < -0.3 is 5.73 Å². The lowest BCUT2D eigenvalue weighted by Gasteiger charge is -2.18. The van der Waals surface area contributed by atoms with Crippen molar-refractivity contribution in [1.29, 1.82) is 0 Å². The molecule has 0 saturated heterocycles. The molecule has 0 aliphatic heterocycles. The average molecular weight is 208 g/mol. The van der Waals surface area contributed by atoms with Crippen LogP contribution in [0.4, 0.5) is 5.82 Å². The Morgan fingerprint density at radius 3 is 2.86 bits per heavy atom. The third kappa shape index (κ3) is 1.97. The van der Waals surface area contributed by atoms with Crippen LogP contribution in [0.1, 0.15) is 24.8 Å². The fraction of sp³-hybridized carbons (Fsp3) is 0.400. The van der Waals surface area contributed by atoms with Crippen LogP contribution in [0.5, 0.6) is 0 Å². The molecule has 1 aromatic heterocycles. The fourth-order valence-corrected chi connectivity index (χ4v) is 1.36. The molecule has 1 aliphatic carbocycles. The van der Waals surface area contributed by atoms with E-state index in [1.54, 1.807) is 6.07 Å². The zero-order valence-corrected chi connectivity index (χ0v) is 8.38. The number of anilines is 1. The lowest BCUT2D eigenvalue weighted by atomic mass is 9.86. The zero-order chi connectivity index (χ0) is 9.97. The molecule has 1 aromatic rings. The van der Waals surface area contributed by atoms with Gasteiger partial charge in [-0.25, -0.2) is 0 Å². The van der Waals surface area contributed by atoms with Gasteiger partial charge in [-0.05, 0) is 18.9 Å². The van der Waals surface area contributed by atoms with Crippen molar-refractivity contribution in [3.8, 4) is 11.8 Å². The van der Waals surface area contributed by atoms with Gasteiger partial charge in [-0.2, -0.15) is 0 Å². The third-order valence-electron chi connectivity index (χ3n) is 2.31. The molecule has 0 atom stereocenters.